The molecule has 0 amide bonds. The zero-order valence-corrected chi connectivity index (χ0v) is 11.6. The number of allylic oxidation sites excluding steroid dienone is 2. The third-order valence-electron chi connectivity index (χ3n) is 3.09. The smallest absolute Gasteiger partial charge is 0.378 e. The molecule has 1 aliphatic rings. The van der Waals surface area contributed by atoms with Crippen LogP contribution in [-0.4, -0.2) is 59.8 Å². The van der Waals surface area contributed by atoms with Crippen molar-refractivity contribution in [3.63, 3.8) is 0 Å². The second kappa shape index (κ2) is 9.38. The zero-order chi connectivity index (χ0) is 15.7. The first-order chi connectivity index (χ1) is 10.1. The molecule has 21 heavy (non-hydrogen) atoms. The van der Waals surface area contributed by atoms with Gasteiger partial charge in [-0.2, -0.15) is 0 Å². The summed E-state index contributed by atoms with van der Waals surface area (Å²) in [5.74, 6) is -1.88. The summed E-state index contributed by atoms with van der Waals surface area (Å²) in [4.78, 5) is 32.7. The Hall–Kier alpha value is -1.57. The number of carbonyl (C=O) groups is 3. The van der Waals surface area contributed by atoms with Gasteiger partial charge in [-0.15, -0.1) is 0 Å². The molecule has 7 nitrogen and oxygen atoms in total. The average Bonchev–Trinajstić information content (AvgIpc) is 2.77. The number of ketones is 1. The predicted molar refractivity (Wildman–Crippen MR) is 71.4 cm³/mol. The fourth-order valence-electron chi connectivity index (χ4n) is 1.97. The molecule has 0 aromatic heterocycles. The van der Waals surface area contributed by atoms with E-state index in [1.54, 1.807) is 6.08 Å². The summed E-state index contributed by atoms with van der Waals surface area (Å²) in [5.41, 5.74) is 0. The summed E-state index contributed by atoms with van der Waals surface area (Å²) in [6, 6.07) is 0. The first kappa shape index (κ1) is 17.5. The molecule has 0 aromatic rings. The molecule has 0 aromatic carbocycles. The van der Waals surface area contributed by atoms with E-state index >= 15 is 0 Å². The molecule has 1 aliphatic heterocycles. The number of aldehydes is 1. The average molecular weight is 300 g/mol. The maximum atomic E-state index is 11.5. The minimum Gasteiger partial charge on any atom is -0.450 e. The molecule has 118 valence electrons. The number of hydrogen-bond donors (Lipinski definition) is 2. The normalized spacial score (nSPS) is 23.5. The van der Waals surface area contributed by atoms with Crippen molar-refractivity contribution in [3.8, 4) is 0 Å². The highest BCUT2D eigenvalue weighted by atomic mass is 16.6. The number of esters is 1. The Morgan fingerprint density at radius 1 is 1.29 bits per heavy atom. The van der Waals surface area contributed by atoms with Gasteiger partial charge < -0.3 is 19.7 Å². The summed E-state index contributed by atoms with van der Waals surface area (Å²) >= 11 is 0. The molecule has 0 spiro atoms. The van der Waals surface area contributed by atoms with Crippen LogP contribution >= 0.6 is 0 Å². The predicted octanol–water partition coefficient (Wildman–Crippen LogP) is -0.465. The summed E-state index contributed by atoms with van der Waals surface area (Å²) in [5, 5.41) is 18.3. The third kappa shape index (κ3) is 5.37. The highest BCUT2D eigenvalue weighted by Crippen LogP contribution is 2.19. The molecule has 1 unspecified atom stereocenters. The van der Waals surface area contributed by atoms with Gasteiger partial charge in [0.05, 0.1) is 6.61 Å². The summed E-state index contributed by atoms with van der Waals surface area (Å²) in [6.45, 7) is -0.368. The fraction of sp³-hybridized carbons (Fsp3) is 0.643. The Morgan fingerprint density at radius 3 is 2.71 bits per heavy atom. The number of aliphatic hydroxyl groups excluding tert-OH is 2. The van der Waals surface area contributed by atoms with E-state index in [4.69, 9.17) is 14.6 Å². The van der Waals surface area contributed by atoms with E-state index in [1.165, 1.54) is 6.08 Å². The quantitative estimate of drug-likeness (QED) is 0.184. The van der Waals surface area contributed by atoms with Gasteiger partial charge in [-0.3, -0.25) is 9.59 Å². The molecule has 7 heteroatoms. The topological polar surface area (TPSA) is 110 Å². The lowest BCUT2D eigenvalue weighted by Gasteiger charge is -2.20. The van der Waals surface area contributed by atoms with Crippen LogP contribution in [0.1, 0.15) is 25.7 Å². The highest BCUT2D eigenvalue weighted by Gasteiger charge is 2.47. The van der Waals surface area contributed by atoms with Crippen LogP contribution in [0.15, 0.2) is 12.2 Å². The van der Waals surface area contributed by atoms with E-state index in [9.17, 15) is 19.5 Å². The number of unbranched alkanes of at least 4 members (excludes halogenated alkanes) is 3. The maximum Gasteiger partial charge on any atom is 0.378 e. The third-order valence-corrected chi connectivity index (χ3v) is 3.09. The molecule has 1 rings (SSSR count). The van der Waals surface area contributed by atoms with E-state index in [1.807, 2.05) is 0 Å². The van der Waals surface area contributed by atoms with Crippen LogP contribution in [-0.2, 0) is 23.9 Å². The van der Waals surface area contributed by atoms with Gasteiger partial charge in [0, 0.05) is 6.61 Å². The second-order valence-corrected chi connectivity index (χ2v) is 4.69. The molecule has 2 N–H and O–H groups in total. The van der Waals surface area contributed by atoms with E-state index in [0.717, 1.165) is 25.5 Å². The van der Waals surface area contributed by atoms with Gasteiger partial charge in [0.25, 0.3) is 5.78 Å². The van der Waals surface area contributed by atoms with Crippen LogP contribution in [0, 0.1) is 0 Å². The standard InChI is InChI=1S/C14H20O7/c15-7-5-3-1-2-4-6-8-20-13-11(18)14(19)21-12(13)10(17)9-16/h3,5,7,10,12-13,16-17H,1-2,4,6,8-9H2/t10-,12+,13?/m0/s1. The lowest BCUT2D eigenvalue weighted by molar-refractivity contribution is -0.152. The lowest BCUT2D eigenvalue weighted by atomic mass is 10.1. The van der Waals surface area contributed by atoms with Crippen LogP contribution in [0.2, 0.25) is 0 Å². The SMILES string of the molecule is O=CC=CCCCCCOC1C(=O)C(=O)O[C@@H]1[C@@H](O)CO. The van der Waals surface area contributed by atoms with Gasteiger partial charge in [0.15, 0.2) is 12.2 Å². The molecule has 0 aliphatic carbocycles. The number of hydrogen-bond acceptors (Lipinski definition) is 7. The van der Waals surface area contributed by atoms with Crippen molar-refractivity contribution in [2.75, 3.05) is 13.2 Å². The lowest BCUT2D eigenvalue weighted by Crippen LogP contribution is -2.41. The van der Waals surface area contributed by atoms with Crippen LogP contribution in [0.4, 0.5) is 0 Å². The Morgan fingerprint density at radius 2 is 2.05 bits per heavy atom. The minimum atomic E-state index is -1.33. The highest BCUT2D eigenvalue weighted by molar-refractivity contribution is 6.37. The molecule has 1 saturated heterocycles. The van der Waals surface area contributed by atoms with Crippen molar-refractivity contribution >= 4 is 18.0 Å². The number of Topliss-reactive ketones (excluding diaryl/α,β-unsaturated/α-hetero) is 1. The Labute approximate surface area is 122 Å². The van der Waals surface area contributed by atoms with Gasteiger partial charge in [-0.1, -0.05) is 12.5 Å². The number of cyclic esters (lactones) is 1. The molecule has 3 atom stereocenters. The zero-order valence-electron chi connectivity index (χ0n) is 11.6. The first-order valence-corrected chi connectivity index (χ1v) is 6.87. The molecule has 1 heterocycles. The van der Waals surface area contributed by atoms with E-state index in [0.29, 0.717) is 6.42 Å². The molecular weight excluding hydrogens is 280 g/mol. The summed E-state index contributed by atoms with van der Waals surface area (Å²) in [6.07, 6.45) is 3.48. The van der Waals surface area contributed by atoms with Crippen molar-refractivity contribution < 1.29 is 34.1 Å². The summed E-state index contributed by atoms with van der Waals surface area (Å²) in [7, 11) is 0. The van der Waals surface area contributed by atoms with Gasteiger partial charge >= 0.3 is 5.97 Å². The maximum absolute atomic E-state index is 11.5. The minimum absolute atomic E-state index is 0.249. The molecule has 0 saturated carbocycles. The summed E-state index contributed by atoms with van der Waals surface area (Å²) < 4.78 is 10.0. The monoisotopic (exact) mass is 300 g/mol. The largest absolute Gasteiger partial charge is 0.450 e. The second-order valence-electron chi connectivity index (χ2n) is 4.69. The van der Waals surface area contributed by atoms with Crippen molar-refractivity contribution in [2.24, 2.45) is 0 Å². The molecule has 0 bridgehead atoms. The van der Waals surface area contributed by atoms with Crippen molar-refractivity contribution in [3.05, 3.63) is 12.2 Å². The number of ether oxygens (including phenoxy) is 2. The van der Waals surface area contributed by atoms with Crippen LogP contribution in [0.3, 0.4) is 0 Å². The Bertz CT molecular complexity index is 391. The van der Waals surface area contributed by atoms with E-state index < -0.39 is 36.7 Å². The number of rotatable bonds is 10. The van der Waals surface area contributed by atoms with Crippen LogP contribution < -0.4 is 0 Å². The number of carbonyl (C=O) groups excluding carboxylic acids is 3. The van der Waals surface area contributed by atoms with Crippen molar-refractivity contribution in [1.29, 1.82) is 0 Å². The van der Waals surface area contributed by atoms with Gasteiger partial charge in [-0.25, -0.2) is 4.79 Å². The van der Waals surface area contributed by atoms with E-state index in [-0.39, 0.29) is 6.61 Å². The van der Waals surface area contributed by atoms with Crippen molar-refractivity contribution in [1.82, 2.24) is 0 Å². The molecule has 1 fully saturated rings. The first-order valence-electron chi connectivity index (χ1n) is 6.87. The van der Waals surface area contributed by atoms with Crippen LogP contribution in [0.25, 0.3) is 0 Å². The van der Waals surface area contributed by atoms with E-state index in [2.05, 4.69) is 0 Å². The number of aliphatic hydroxyl groups is 2. The molecule has 0 radical (unpaired) electrons. The molecular formula is C14H20O7. The fourth-order valence-corrected chi connectivity index (χ4v) is 1.97. The van der Waals surface area contributed by atoms with Gasteiger partial charge in [0.2, 0.25) is 0 Å². The van der Waals surface area contributed by atoms with Gasteiger partial charge in [0.1, 0.15) is 12.4 Å². The Balaban J connectivity index is 2.28. The van der Waals surface area contributed by atoms with Crippen LogP contribution in [0.5, 0.6) is 0 Å². The Kier molecular flexibility index (Phi) is 7.81. The van der Waals surface area contributed by atoms with Crippen molar-refractivity contribution in [2.45, 2.75) is 44.0 Å². The van der Waals surface area contributed by atoms with Gasteiger partial charge in [-0.05, 0) is 25.3 Å².